The smallest absolute Gasteiger partial charge is 0.244 e. The third-order valence-electron chi connectivity index (χ3n) is 4.40. The van der Waals surface area contributed by atoms with Crippen LogP contribution < -0.4 is 22.6 Å². The van der Waals surface area contributed by atoms with Crippen LogP contribution >= 0.6 is 11.6 Å². The maximum atomic E-state index is 12.1. The lowest BCUT2D eigenvalue weighted by Crippen LogP contribution is -3.11. The van der Waals surface area contributed by atoms with Crippen LogP contribution in [-0.4, -0.2) is 25.5 Å². The Kier molecular flexibility index (Phi) is 7.56. The van der Waals surface area contributed by atoms with Gasteiger partial charge in [0.1, 0.15) is 0 Å². The van der Waals surface area contributed by atoms with Crippen LogP contribution in [0.5, 0.6) is 0 Å². The molecule has 25 heavy (non-hydrogen) atoms. The predicted octanol–water partition coefficient (Wildman–Crippen LogP) is -0.514. The Morgan fingerprint density at radius 3 is 2.60 bits per heavy atom. The van der Waals surface area contributed by atoms with Gasteiger partial charge in [-0.15, -0.1) is 0 Å². The normalized spacial score (nSPS) is 15.9. The van der Waals surface area contributed by atoms with Gasteiger partial charge >= 0.3 is 0 Å². The van der Waals surface area contributed by atoms with Crippen LogP contribution in [0.3, 0.4) is 0 Å². The molecule has 0 radical (unpaired) electrons. The van der Waals surface area contributed by atoms with Crippen molar-refractivity contribution in [3.8, 4) is 0 Å². The quantitative estimate of drug-likeness (QED) is 0.662. The van der Waals surface area contributed by atoms with E-state index in [0.29, 0.717) is 11.6 Å². The zero-order chi connectivity index (χ0) is 16.8. The zero-order valence-corrected chi connectivity index (χ0v) is 15.4. The van der Waals surface area contributed by atoms with E-state index in [1.54, 1.807) is 18.4 Å². The first-order chi connectivity index (χ1) is 11.7. The van der Waals surface area contributed by atoms with Crippen LogP contribution in [0.4, 0.5) is 0 Å². The molecule has 2 N–H and O–H groups in total. The molecule has 0 bridgehead atoms. The molecule has 1 aliphatic rings. The summed E-state index contributed by atoms with van der Waals surface area (Å²) in [5.74, 6) is 0.842. The molecule has 0 aliphatic carbocycles. The third kappa shape index (κ3) is 5.63. The number of carbonyl (C=O) groups is 1. The molecular formula is C19H22Cl2N2O2. The summed E-state index contributed by atoms with van der Waals surface area (Å²) >= 11 is 5.86. The van der Waals surface area contributed by atoms with Crippen molar-refractivity contribution in [1.82, 2.24) is 5.32 Å². The van der Waals surface area contributed by atoms with Gasteiger partial charge in [-0.3, -0.25) is 4.79 Å². The van der Waals surface area contributed by atoms with E-state index >= 15 is 0 Å². The van der Waals surface area contributed by atoms with Gasteiger partial charge in [-0.25, -0.2) is 0 Å². The first-order valence-electron chi connectivity index (χ1n) is 8.32. The lowest BCUT2D eigenvalue weighted by atomic mass is 10.2. The molecule has 4 nitrogen and oxygen atoms in total. The third-order valence-corrected chi connectivity index (χ3v) is 4.65. The van der Waals surface area contributed by atoms with Crippen LogP contribution in [0.1, 0.15) is 30.2 Å². The van der Waals surface area contributed by atoms with Crippen molar-refractivity contribution in [2.24, 2.45) is 0 Å². The number of quaternary nitrogens is 1. The average Bonchev–Trinajstić information content (AvgIpc) is 3.29. The van der Waals surface area contributed by atoms with Gasteiger partial charge in [0.15, 0.2) is 11.8 Å². The van der Waals surface area contributed by atoms with Gasteiger partial charge in [-0.2, -0.15) is 0 Å². The zero-order valence-electron chi connectivity index (χ0n) is 13.9. The van der Waals surface area contributed by atoms with Crippen molar-refractivity contribution in [3.05, 3.63) is 65.1 Å². The molecule has 1 aliphatic heterocycles. The maximum Gasteiger partial charge on any atom is 0.244 e. The summed E-state index contributed by atoms with van der Waals surface area (Å²) < 4.78 is 5.58. The molecule has 1 fully saturated rings. The van der Waals surface area contributed by atoms with Crippen molar-refractivity contribution in [2.45, 2.75) is 18.9 Å². The highest BCUT2D eigenvalue weighted by Crippen LogP contribution is 2.12. The Bertz CT molecular complexity index is 678. The number of hydrogen-bond acceptors (Lipinski definition) is 2. The number of amides is 1. The molecular weight excluding hydrogens is 359 g/mol. The molecule has 1 atom stereocenters. The van der Waals surface area contributed by atoms with E-state index in [1.807, 2.05) is 36.4 Å². The maximum absolute atomic E-state index is 12.1. The molecule has 1 saturated heterocycles. The summed E-state index contributed by atoms with van der Waals surface area (Å²) in [5, 5.41) is 3.68. The lowest BCUT2D eigenvalue weighted by Gasteiger charge is -2.22. The van der Waals surface area contributed by atoms with Gasteiger partial charge in [0.05, 0.1) is 25.9 Å². The van der Waals surface area contributed by atoms with E-state index in [2.05, 4.69) is 5.32 Å². The number of hydrogen-bond donors (Lipinski definition) is 2. The van der Waals surface area contributed by atoms with Gasteiger partial charge in [-0.1, -0.05) is 23.7 Å². The highest BCUT2D eigenvalue weighted by molar-refractivity contribution is 6.30. The molecule has 1 amide bonds. The summed E-state index contributed by atoms with van der Waals surface area (Å²) in [6.07, 6.45) is 7.51. The van der Waals surface area contributed by atoms with E-state index in [0.717, 1.165) is 24.4 Å². The number of benzene rings is 1. The monoisotopic (exact) mass is 380 g/mol. The number of likely N-dealkylation sites (tertiary alicyclic amines) is 1. The summed E-state index contributed by atoms with van der Waals surface area (Å²) in [5.41, 5.74) is 0.947. The first-order valence-corrected chi connectivity index (χ1v) is 8.69. The fourth-order valence-electron chi connectivity index (χ4n) is 3.12. The number of furan rings is 1. The summed E-state index contributed by atoms with van der Waals surface area (Å²) in [4.78, 5) is 13.6. The number of rotatable bonds is 6. The summed E-state index contributed by atoms with van der Waals surface area (Å²) in [6.45, 7) is 2.83. The van der Waals surface area contributed by atoms with Crippen LogP contribution in [0, 0.1) is 0 Å². The highest BCUT2D eigenvalue weighted by atomic mass is 35.5. The Balaban J connectivity index is 0.00000225. The molecule has 2 heterocycles. The van der Waals surface area contributed by atoms with Crippen molar-refractivity contribution in [3.63, 3.8) is 0 Å². The minimum atomic E-state index is -0.0971. The van der Waals surface area contributed by atoms with Gasteiger partial charge in [-0.05, 0) is 35.9 Å². The van der Waals surface area contributed by atoms with E-state index < -0.39 is 0 Å². The van der Waals surface area contributed by atoms with E-state index in [-0.39, 0.29) is 24.4 Å². The Morgan fingerprint density at radius 1 is 1.24 bits per heavy atom. The van der Waals surface area contributed by atoms with Crippen molar-refractivity contribution >= 4 is 23.6 Å². The largest absolute Gasteiger partial charge is 1.00 e. The molecule has 2 aromatic rings. The average molecular weight is 381 g/mol. The highest BCUT2D eigenvalue weighted by Gasteiger charge is 2.29. The molecule has 134 valence electrons. The standard InChI is InChI=1S/C19H21ClN2O2.ClH/c20-16-8-5-15(6-9-16)7-10-19(23)21-14-17(18-4-3-13-24-18)22-11-1-2-12-22;/h3-10,13,17H,1-2,11-12,14H2,(H,21,23);1H/b10-7+;. The molecule has 6 heteroatoms. The fraction of sp³-hybridized carbons (Fsp3) is 0.316. The van der Waals surface area contributed by atoms with Crippen LogP contribution in [0.25, 0.3) is 6.08 Å². The second-order valence-corrected chi connectivity index (χ2v) is 6.50. The fourth-order valence-corrected chi connectivity index (χ4v) is 3.25. The lowest BCUT2D eigenvalue weighted by molar-refractivity contribution is -0.919. The minimum absolute atomic E-state index is 0. The Labute approximate surface area is 159 Å². The number of carbonyl (C=O) groups excluding carboxylic acids is 1. The van der Waals surface area contributed by atoms with Crippen LogP contribution in [-0.2, 0) is 4.79 Å². The summed E-state index contributed by atoms with van der Waals surface area (Å²) in [7, 11) is 0. The molecule has 1 aromatic carbocycles. The first kappa shape index (κ1) is 19.6. The Morgan fingerprint density at radius 2 is 1.96 bits per heavy atom. The van der Waals surface area contributed by atoms with E-state index in [4.69, 9.17) is 16.0 Å². The van der Waals surface area contributed by atoms with Crippen molar-refractivity contribution < 1.29 is 26.5 Å². The molecule has 3 rings (SSSR count). The molecule has 1 aromatic heterocycles. The van der Waals surface area contributed by atoms with Gasteiger partial charge in [0, 0.05) is 23.9 Å². The molecule has 0 spiro atoms. The van der Waals surface area contributed by atoms with Gasteiger partial charge in [0.25, 0.3) is 0 Å². The number of halogens is 2. The number of nitrogens with one attached hydrogen (secondary N) is 2. The molecule has 0 saturated carbocycles. The van der Waals surface area contributed by atoms with Crippen molar-refractivity contribution in [1.29, 1.82) is 0 Å². The molecule has 1 unspecified atom stereocenters. The summed E-state index contributed by atoms with van der Waals surface area (Å²) in [6, 6.07) is 11.4. The van der Waals surface area contributed by atoms with Crippen LogP contribution in [0.15, 0.2) is 53.2 Å². The van der Waals surface area contributed by atoms with Crippen molar-refractivity contribution in [2.75, 3.05) is 19.6 Å². The SMILES string of the molecule is O=C(/C=C/c1ccc(Cl)cc1)NCC(c1ccco1)[NH+]1CCCC1.[Cl-]. The van der Waals surface area contributed by atoms with Gasteiger partial charge in [0.2, 0.25) is 5.91 Å². The van der Waals surface area contributed by atoms with Gasteiger partial charge < -0.3 is 27.0 Å². The van der Waals surface area contributed by atoms with E-state index in [9.17, 15) is 4.79 Å². The van der Waals surface area contributed by atoms with Crippen LogP contribution in [0.2, 0.25) is 5.02 Å². The Hall–Kier alpha value is -1.75. The van der Waals surface area contributed by atoms with E-state index in [1.165, 1.54) is 17.7 Å². The minimum Gasteiger partial charge on any atom is -1.00 e. The second-order valence-electron chi connectivity index (χ2n) is 6.06. The predicted molar refractivity (Wildman–Crippen MR) is 94.9 cm³/mol. The topological polar surface area (TPSA) is 46.7 Å². The second kappa shape index (κ2) is 9.66.